The van der Waals surface area contributed by atoms with Crippen molar-refractivity contribution < 1.29 is 19.0 Å². The Balaban J connectivity index is 1.87. The number of carbonyl (C=O) groups is 1. The van der Waals surface area contributed by atoms with Crippen LogP contribution in [0.2, 0.25) is 0 Å². The minimum atomic E-state index is -0.407. The third kappa shape index (κ3) is 6.28. The van der Waals surface area contributed by atoms with Crippen LogP contribution in [0.15, 0.2) is 61.2 Å². The Labute approximate surface area is 155 Å². The molecule has 2 aromatic carbocycles. The Bertz CT molecular complexity index is 689. The molecule has 0 aliphatic carbocycles. The predicted octanol–water partition coefficient (Wildman–Crippen LogP) is 5.29. The summed E-state index contributed by atoms with van der Waals surface area (Å²) in [5.41, 5.74) is 0.471. The summed E-state index contributed by atoms with van der Waals surface area (Å²) in [6.07, 6.45) is 3.65. The molecule has 0 saturated heterocycles. The molecule has 0 heterocycles. The van der Waals surface area contributed by atoms with Crippen molar-refractivity contribution in [3.63, 3.8) is 0 Å². The number of benzene rings is 2. The van der Waals surface area contributed by atoms with Crippen LogP contribution in [-0.2, 0) is 0 Å². The number of hydrogen-bond acceptors (Lipinski definition) is 4. The van der Waals surface area contributed by atoms with Gasteiger partial charge in [-0.15, -0.1) is 6.58 Å². The van der Waals surface area contributed by atoms with E-state index in [4.69, 9.17) is 14.2 Å². The quantitative estimate of drug-likeness (QED) is 0.252. The van der Waals surface area contributed by atoms with Crippen LogP contribution >= 0.6 is 0 Å². The Morgan fingerprint density at radius 3 is 2.19 bits per heavy atom. The van der Waals surface area contributed by atoms with E-state index in [0.29, 0.717) is 36.2 Å². The van der Waals surface area contributed by atoms with E-state index < -0.39 is 5.97 Å². The summed E-state index contributed by atoms with van der Waals surface area (Å²) in [7, 11) is 0. The standard InChI is InChI=1S/C22H26O4/c1-4-6-15-24-19-9-7-18(8-10-19)22(23)26-21-13-11-20(12-14-21)25-16-17(3)5-2/h4,7-14,17H,1,5-6,15-16H2,2-3H3/t17-/m0/s1. The van der Waals surface area contributed by atoms with Crippen LogP contribution in [0.5, 0.6) is 17.2 Å². The summed E-state index contributed by atoms with van der Waals surface area (Å²) >= 11 is 0. The van der Waals surface area contributed by atoms with Crippen molar-refractivity contribution in [3.05, 3.63) is 66.7 Å². The van der Waals surface area contributed by atoms with E-state index in [2.05, 4.69) is 20.4 Å². The van der Waals surface area contributed by atoms with Crippen molar-refractivity contribution in [1.29, 1.82) is 0 Å². The molecule has 1 atom stereocenters. The molecule has 0 unspecified atom stereocenters. The van der Waals surface area contributed by atoms with Crippen molar-refractivity contribution in [2.45, 2.75) is 26.7 Å². The third-order valence-electron chi connectivity index (χ3n) is 3.95. The average Bonchev–Trinajstić information content (AvgIpc) is 2.68. The fraction of sp³-hybridized carbons (Fsp3) is 0.318. The van der Waals surface area contributed by atoms with Crippen molar-refractivity contribution in [3.8, 4) is 17.2 Å². The second kappa shape index (κ2) is 10.3. The molecule has 138 valence electrons. The van der Waals surface area contributed by atoms with Gasteiger partial charge in [-0.2, -0.15) is 0 Å². The Kier molecular flexibility index (Phi) is 7.75. The highest BCUT2D eigenvalue weighted by atomic mass is 16.5. The Morgan fingerprint density at radius 2 is 1.58 bits per heavy atom. The molecule has 0 aliphatic heterocycles. The van der Waals surface area contributed by atoms with Crippen LogP contribution in [0.4, 0.5) is 0 Å². The van der Waals surface area contributed by atoms with Gasteiger partial charge in [0, 0.05) is 0 Å². The first kappa shape index (κ1) is 19.6. The topological polar surface area (TPSA) is 44.8 Å². The van der Waals surface area contributed by atoms with Gasteiger partial charge in [-0.1, -0.05) is 26.3 Å². The highest BCUT2D eigenvalue weighted by Gasteiger charge is 2.09. The minimum absolute atomic E-state index is 0.407. The summed E-state index contributed by atoms with van der Waals surface area (Å²) in [5.74, 6) is 2.07. The zero-order valence-electron chi connectivity index (χ0n) is 15.4. The Morgan fingerprint density at radius 1 is 1.00 bits per heavy atom. The molecule has 0 fully saturated rings. The van der Waals surface area contributed by atoms with Gasteiger partial charge in [-0.25, -0.2) is 4.79 Å². The first-order chi connectivity index (χ1) is 12.6. The summed E-state index contributed by atoms with van der Waals surface area (Å²) in [6.45, 7) is 9.17. The van der Waals surface area contributed by atoms with Gasteiger partial charge in [-0.3, -0.25) is 0 Å². The lowest BCUT2D eigenvalue weighted by atomic mass is 10.1. The van der Waals surface area contributed by atoms with Gasteiger partial charge in [-0.05, 0) is 60.9 Å². The normalized spacial score (nSPS) is 11.5. The average molecular weight is 354 g/mol. The van der Waals surface area contributed by atoms with E-state index in [1.54, 1.807) is 42.5 Å². The SMILES string of the molecule is C=CCCOc1ccc(C(=O)Oc2ccc(OC[C@@H](C)CC)cc2)cc1. The van der Waals surface area contributed by atoms with E-state index in [-0.39, 0.29) is 0 Å². The van der Waals surface area contributed by atoms with E-state index in [1.165, 1.54) is 0 Å². The maximum atomic E-state index is 12.2. The van der Waals surface area contributed by atoms with Gasteiger partial charge in [0.25, 0.3) is 0 Å². The fourth-order valence-electron chi connectivity index (χ4n) is 2.07. The van der Waals surface area contributed by atoms with Gasteiger partial charge < -0.3 is 14.2 Å². The maximum absolute atomic E-state index is 12.2. The molecule has 4 heteroatoms. The number of hydrogen-bond donors (Lipinski definition) is 0. The molecule has 2 aromatic rings. The second-order valence-corrected chi connectivity index (χ2v) is 6.14. The lowest BCUT2D eigenvalue weighted by Gasteiger charge is -2.11. The minimum Gasteiger partial charge on any atom is -0.493 e. The summed E-state index contributed by atoms with van der Waals surface area (Å²) in [4.78, 5) is 12.2. The molecular weight excluding hydrogens is 328 g/mol. The molecule has 0 N–H and O–H groups in total. The van der Waals surface area contributed by atoms with Crippen molar-refractivity contribution in [1.82, 2.24) is 0 Å². The number of carbonyl (C=O) groups excluding carboxylic acids is 1. The second-order valence-electron chi connectivity index (χ2n) is 6.14. The molecule has 0 aliphatic rings. The van der Waals surface area contributed by atoms with Crippen LogP contribution < -0.4 is 14.2 Å². The van der Waals surface area contributed by atoms with E-state index in [1.807, 2.05) is 12.1 Å². The molecule has 2 rings (SSSR count). The molecule has 0 saturated carbocycles. The zero-order valence-corrected chi connectivity index (χ0v) is 15.4. The highest BCUT2D eigenvalue weighted by molar-refractivity contribution is 5.91. The molecular formula is C22H26O4. The molecule has 26 heavy (non-hydrogen) atoms. The molecule has 0 spiro atoms. The van der Waals surface area contributed by atoms with Gasteiger partial charge in [0.05, 0.1) is 18.8 Å². The first-order valence-electron chi connectivity index (χ1n) is 8.91. The van der Waals surface area contributed by atoms with Crippen molar-refractivity contribution in [2.24, 2.45) is 5.92 Å². The van der Waals surface area contributed by atoms with Gasteiger partial charge in [0.15, 0.2) is 0 Å². The lowest BCUT2D eigenvalue weighted by Crippen LogP contribution is -2.09. The number of esters is 1. The van der Waals surface area contributed by atoms with Crippen LogP contribution in [0.3, 0.4) is 0 Å². The van der Waals surface area contributed by atoms with Gasteiger partial charge in [0.1, 0.15) is 17.2 Å². The monoisotopic (exact) mass is 354 g/mol. The summed E-state index contributed by atoms with van der Waals surface area (Å²) in [6, 6.07) is 14.0. The molecule has 0 bridgehead atoms. The van der Waals surface area contributed by atoms with E-state index >= 15 is 0 Å². The number of rotatable bonds is 10. The molecule has 4 nitrogen and oxygen atoms in total. The van der Waals surface area contributed by atoms with Gasteiger partial charge in [0.2, 0.25) is 0 Å². The fourth-order valence-corrected chi connectivity index (χ4v) is 2.07. The largest absolute Gasteiger partial charge is 0.493 e. The zero-order chi connectivity index (χ0) is 18.8. The van der Waals surface area contributed by atoms with Crippen LogP contribution in [-0.4, -0.2) is 19.2 Å². The van der Waals surface area contributed by atoms with Crippen molar-refractivity contribution >= 4 is 5.97 Å². The first-order valence-corrected chi connectivity index (χ1v) is 8.91. The Hall–Kier alpha value is -2.75. The van der Waals surface area contributed by atoms with E-state index in [9.17, 15) is 4.79 Å². The van der Waals surface area contributed by atoms with Crippen LogP contribution in [0.1, 0.15) is 37.0 Å². The highest BCUT2D eigenvalue weighted by Crippen LogP contribution is 2.20. The predicted molar refractivity (Wildman–Crippen MR) is 103 cm³/mol. The third-order valence-corrected chi connectivity index (χ3v) is 3.95. The van der Waals surface area contributed by atoms with Crippen molar-refractivity contribution in [2.75, 3.05) is 13.2 Å². The molecule has 0 radical (unpaired) electrons. The summed E-state index contributed by atoms with van der Waals surface area (Å²) in [5, 5.41) is 0. The van der Waals surface area contributed by atoms with Crippen LogP contribution in [0.25, 0.3) is 0 Å². The summed E-state index contributed by atoms with van der Waals surface area (Å²) < 4.78 is 16.6. The van der Waals surface area contributed by atoms with Crippen LogP contribution in [0, 0.1) is 5.92 Å². The number of ether oxygens (including phenoxy) is 3. The smallest absolute Gasteiger partial charge is 0.343 e. The maximum Gasteiger partial charge on any atom is 0.343 e. The molecule has 0 amide bonds. The lowest BCUT2D eigenvalue weighted by molar-refractivity contribution is 0.0734. The van der Waals surface area contributed by atoms with E-state index in [0.717, 1.165) is 18.6 Å². The van der Waals surface area contributed by atoms with Gasteiger partial charge >= 0.3 is 5.97 Å². The molecule has 0 aromatic heterocycles.